The van der Waals surface area contributed by atoms with Gasteiger partial charge in [0.25, 0.3) is 0 Å². The van der Waals surface area contributed by atoms with E-state index >= 15 is 0 Å². The molecule has 0 fully saturated rings. The number of benzene rings is 2. The van der Waals surface area contributed by atoms with Gasteiger partial charge in [0.1, 0.15) is 5.82 Å². The largest absolute Gasteiger partial charge is 0.310 e. The van der Waals surface area contributed by atoms with Gasteiger partial charge < -0.3 is 5.32 Å². The van der Waals surface area contributed by atoms with Gasteiger partial charge in [-0.15, -0.1) is 0 Å². The summed E-state index contributed by atoms with van der Waals surface area (Å²) < 4.78 is 15.3. The van der Waals surface area contributed by atoms with Gasteiger partial charge in [0, 0.05) is 10.5 Å². The monoisotopic (exact) mass is 413 g/mol. The fourth-order valence-corrected chi connectivity index (χ4v) is 3.40. The molecule has 0 saturated heterocycles. The zero-order valence-corrected chi connectivity index (χ0v) is 15.3. The first-order valence-corrected chi connectivity index (χ1v) is 8.53. The number of hydrogen-bond donors (Lipinski definition) is 1. The molecule has 1 atom stereocenters. The Morgan fingerprint density at radius 1 is 1.19 bits per heavy atom. The first-order valence-electron chi connectivity index (χ1n) is 6.95. The van der Waals surface area contributed by atoms with Crippen LogP contribution in [0.4, 0.5) is 4.39 Å². The Bertz CT molecular complexity index is 628. The summed E-state index contributed by atoms with van der Waals surface area (Å²) in [4.78, 5) is 0. The van der Waals surface area contributed by atoms with Crippen LogP contribution in [0.15, 0.2) is 45.3 Å². The Labute approximate surface area is 142 Å². The highest BCUT2D eigenvalue weighted by Crippen LogP contribution is 2.28. The van der Waals surface area contributed by atoms with Crippen molar-refractivity contribution in [3.8, 4) is 0 Å². The van der Waals surface area contributed by atoms with Crippen LogP contribution in [0.1, 0.15) is 29.7 Å². The SMILES string of the molecule is CCNC(Cc1cccc(F)c1Br)c1ccc(Br)cc1C. The van der Waals surface area contributed by atoms with Crippen molar-refractivity contribution < 1.29 is 4.39 Å². The predicted octanol–water partition coefficient (Wildman–Crippen LogP) is 5.55. The van der Waals surface area contributed by atoms with Crippen LogP contribution in [0.5, 0.6) is 0 Å². The lowest BCUT2D eigenvalue weighted by Crippen LogP contribution is -2.24. The third-order valence-electron chi connectivity index (χ3n) is 3.51. The summed E-state index contributed by atoms with van der Waals surface area (Å²) in [6, 6.07) is 11.6. The van der Waals surface area contributed by atoms with Crippen LogP contribution in [0.2, 0.25) is 0 Å². The number of likely N-dealkylation sites (N-methyl/N-ethyl adjacent to an activating group) is 1. The molecule has 0 heterocycles. The zero-order chi connectivity index (χ0) is 15.4. The minimum Gasteiger partial charge on any atom is -0.310 e. The summed E-state index contributed by atoms with van der Waals surface area (Å²) >= 11 is 6.85. The molecule has 0 amide bonds. The highest BCUT2D eigenvalue weighted by atomic mass is 79.9. The van der Waals surface area contributed by atoms with E-state index in [0.29, 0.717) is 4.47 Å². The van der Waals surface area contributed by atoms with Gasteiger partial charge in [0.2, 0.25) is 0 Å². The average Bonchev–Trinajstić information content (AvgIpc) is 2.43. The van der Waals surface area contributed by atoms with E-state index in [9.17, 15) is 4.39 Å². The molecule has 0 aliphatic heterocycles. The maximum atomic E-state index is 13.7. The van der Waals surface area contributed by atoms with Crippen LogP contribution in [0, 0.1) is 12.7 Å². The van der Waals surface area contributed by atoms with Crippen molar-refractivity contribution >= 4 is 31.9 Å². The standard InChI is InChI=1S/C17H18Br2FN/c1-3-21-16(14-8-7-13(18)9-11(14)2)10-12-5-4-6-15(20)17(12)19/h4-9,16,21H,3,10H2,1-2H3. The van der Waals surface area contributed by atoms with Crippen LogP contribution in [-0.2, 0) is 6.42 Å². The van der Waals surface area contributed by atoms with Crippen molar-refractivity contribution in [3.05, 3.63) is 67.9 Å². The zero-order valence-electron chi connectivity index (χ0n) is 12.1. The Kier molecular flexibility index (Phi) is 5.97. The molecule has 0 aliphatic carbocycles. The second kappa shape index (κ2) is 7.52. The van der Waals surface area contributed by atoms with E-state index in [1.807, 2.05) is 12.1 Å². The third kappa shape index (κ3) is 4.15. The molecule has 1 N–H and O–H groups in total. The van der Waals surface area contributed by atoms with Crippen LogP contribution in [0.3, 0.4) is 0 Å². The lowest BCUT2D eigenvalue weighted by Gasteiger charge is -2.21. The number of nitrogens with one attached hydrogen (secondary N) is 1. The van der Waals surface area contributed by atoms with Gasteiger partial charge in [0.15, 0.2) is 0 Å². The van der Waals surface area contributed by atoms with Crippen LogP contribution >= 0.6 is 31.9 Å². The van der Waals surface area contributed by atoms with E-state index in [1.165, 1.54) is 17.2 Å². The second-order valence-corrected chi connectivity index (χ2v) is 6.74. The molecular weight excluding hydrogens is 397 g/mol. The van der Waals surface area contributed by atoms with Gasteiger partial charge in [0.05, 0.1) is 4.47 Å². The van der Waals surface area contributed by atoms with Gasteiger partial charge in [-0.25, -0.2) is 4.39 Å². The van der Waals surface area contributed by atoms with Crippen LogP contribution < -0.4 is 5.32 Å². The minimum atomic E-state index is -0.213. The molecule has 0 aliphatic rings. The molecule has 2 aromatic rings. The summed E-state index contributed by atoms with van der Waals surface area (Å²) in [7, 11) is 0. The Morgan fingerprint density at radius 2 is 1.95 bits per heavy atom. The third-order valence-corrected chi connectivity index (χ3v) is 4.89. The molecule has 0 aromatic heterocycles. The summed E-state index contributed by atoms with van der Waals surface area (Å²) in [6.07, 6.45) is 0.745. The summed E-state index contributed by atoms with van der Waals surface area (Å²) in [5, 5.41) is 3.50. The highest BCUT2D eigenvalue weighted by Gasteiger charge is 2.16. The van der Waals surface area contributed by atoms with Gasteiger partial charge in [-0.1, -0.05) is 41.1 Å². The highest BCUT2D eigenvalue weighted by molar-refractivity contribution is 9.10. The lowest BCUT2D eigenvalue weighted by atomic mass is 9.95. The quantitative estimate of drug-likeness (QED) is 0.675. The lowest BCUT2D eigenvalue weighted by molar-refractivity contribution is 0.542. The molecule has 2 aromatic carbocycles. The molecule has 4 heteroatoms. The topological polar surface area (TPSA) is 12.0 Å². The second-order valence-electron chi connectivity index (χ2n) is 5.03. The van der Waals surface area contributed by atoms with Gasteiger partial charge in [-0.3, -0.25) is 0 Å². The molecule has 1 nitrogen and oxygen atoms in total. The van der Waals surface area contributed by atoms with Crippen molar-refractivity contribution in [2.45, 2.75) is 26.3 Å². The average molecular weight is 415 g/mol. The van der Waals surface area contributed by atoms with Gasteiger partial charge in [-0.2, -0.15) is 0 Å². The maximum Gasteiger partial charge on any atom is 0.137 e. The molecule has 1 unspecified atom stereocenters. The fraction of sp³-hybridized carbons (Fsp3) is 0.294. The molecule has 0 radical (unpaired) electrons. The number of hydrogen-bond acceptors (Lipinski definition) is 1. The van der Waals surface area contributed by atoms with Crippen LogP contribution in [0.25, 0.3) is 0 Å². The van der Waals surface area contributed by atoms with E-state index in [1.54, 1.807) is 6.07 Å². The molecule has 21 heavy (non-hydrogen) atoms. The first kappa shape index (κ1) is 16.7. The number of rotatable bonds is 5. The Hall–Kier alpha value is -0.710. The molecule has 0 spiro atoms. The van der Waals surface area contributed by atoms with E-state index in [4.69, 9.17) is 0 Å². The smallest absolute Gasteiger partial charge is 0.137 e. The predicted molar refractivity (Wildman–Crippen MR) is 93.1 cm³/mol. The number of halogens is 3. The summed E-state index contributed by atoms with van der Waals surface area (Å²) in [5.74, 6) is -0.213. The molecule has 2 rings (SSSR count). The molecule has 0 bridgehead atoms. The van der Waals surface area contributed by atoms with Gasteiger partial charge in [-0.05, 0) is 70.7 Å². The van der Waals surface area contributed by atoms with Crippen LogP contribution in [-0.4, -0.2) is 6.54 Å². The summed E-state index contributed by atoms with van der Waals surface area (Å²) in [6.45, 7) is 5.06. The first-order chi connectivity index (χ1) is 10.0. The Balaban J connectivity index is 2.33. The van der Waals surface area contributed by atoms with Crippen molar-refractivity contribution in [1.82, 2.24) is 5.32 Å². The number of aryl methyl sites for hydroxylation is 1. The summed E-state index contributed by atoms with van der Waals surface area (Å²) in [5.41, 5.74) is 3.45. The van der Waals surface area contributed by atoms with E-state index in [-0.39, 0.29) is 11.9 Å². The fourth-order valence-electron chi connectivity index (χ4n) is 2.49. The molecular formula is C17H18Br2FN. The molecule has 0 saturated carbocycles. The Morgan fingerprint density at radius 3 is 2.62 bits per heavy atom. The van der Waals surface area contributed by atoms with E-state index in [2.05, 4.69) is 63.2 Å². The van der Waals surface area contributed by atoms with Gasteiger partial charge >= 0.3 is 0 Å². The van der Waals surface area contributed by atoms with Crippen molar-refractivity contribution in [2.24, 2.45) is 0 Å². The van der Waals surface area contributed by atoms with Crippen molar-refractivity contribution in [2.75, 3.05) is 6.54 Å². The van der Waals surface area contributed by atoms with Crippen molar-refractivity contribution in [1.29, 1.82) is 0 Å². The van der Waals surface area contributed by atoms with E-state index in [0.717, 1.165) is 23.0 Å². The van der Waals surface area contributed by atoms with E-state index < -0.39 is 0 Å². The molecule has 112 valence electrons. The normalized spacial score (nSPS) is 12.4. The minimum absolute atomic E-state index is 0.168. The van der Waals surface area contributed by atoms with Crippen molar-refractivity contribution in [3.63, 3.8) is 0 Å². The maximum absolute atomic E-state index is 13.7.